The van der Waals surface area contributed by atoms with Crippen LogP contribution in [0.4, 0.5) is 4.39 Å². The van der Waals surface area contributed by atoms with E-state index in [0.717, 1.165) is 16.0 Å². The van der Waals surface area contributed by atoms with E-state index in [0.29, 0.717) is 11.2 Å². The number of aromatic amines is 1. The molecular weight excluding hydrogens is 425 g/mol. The Morgan fingerprint density at radius 3 is 2.77 bits per heavy atom. The largest absolute Gasteiger partial charge is 0.486 e. The molecule has 0 aliphatic heterocycles. The van der Waals surface area contributed by atoms with Crippen molar-refractivity contribution in [1.29, 1.82) is 0 Å². The number of carbonyl (C=O) groups is 1. The molecule has 0 saturated carbocycles. The second kappa shape index (κ2) is 8.85. The molecule has 0 unspecified atom stereocenters. The molecule has 0 amide bonds. The van der Waals surface area contributed by atoms with Crippen LogP contribution < -0.4 is 4.74 Å². The lowest BCUT2D eigenvalue weighted by Crippen LogP contribution is -2.09. The van der Waals surface area contributed by atoms with Gasteiger partial charge in [-0.3, -0.25) is 9.89 Å². The molecule has 0 aliphatic rings. The summed E-state index contributed by atoms with van der Waals surface area (Å²) in [4.78, 5) is 17.2. The van der Waals surface area contributed by atoms with E-state index in [4.69, 9.17) is 16.3 Å². The second-order valence-electron chi connectivity index (χ2n) is 6.58. The highest BCUT2D eigenvalue weighted by atomic mass is 35.5. The van der Waals surface area contributed by atoms with E-state index in [1.165, 1.54) is 23.9 Å². The van der Waals surface area contributed by atoms with E-state index in [2.05, 4.69) is 15.2 Å². The molecule has 152 valence electrons. The predicted octanol–water partition coefficient (Wildman–Crippen LogP) is 5.48. The molecule has 1 N–H and O–H groups in total. The molecule has 0 fully saturated rings. The third-order valence-electron chi connectivity index (χ3n) is 4.57. The quantitative estimate of drug-likeness (QED) is 0.304. The first-order valence-electron chi connectivity index (χ1n) is 9.11. The smallest absolute Gasteiger partial charge is 0.177 e. The normalized spacial score (nSPS) is 11.0. The van der Waals surface area contributed by atoms with Crippen LogP contribution in [0.3, 0.4) is 0 Å². The van der Waals surface area contributed by atoms with Crippen LogP contribution in [-0.2, 0) is 13.0 Å². The first-order valence-corrected chi connectivity index (χ1v) is 10.7. The standard InChI is InChI=1S/C22H17ClFN3O2S/c1-30-22-15-9-14(11-25-21(15)26-27-22)10-17(28)19-16(23)7-8-18(20(19)24)29-12-13-5-3-2-4-6-13/h2-9,11H,10,12H2,1H3,(H,25,26,27). The lowest BCUT2D eigenvalue weighted by molar-refractivity contribution is 0.0988. The average molecular weight is 442 g/mol. The number of pyridine rings is 1. The van der Waals surface area contributed by atoms with Gasteiger partial charge >= 0.3 is 0 Å². The van der Waals surface area contributed by atoms with Crippen LogP contribution in [-0.4, -0.2) is 27.2 Å². The highest BCUT2D eigenvalue weighted by Crippen LogP contribution is 2.30. The number of nitrogens with zero attached hydrogens (tertiary/aromatic N) is 2. The first-order chi connectivity index (χ1) is 14.6. The Morgan fingerprint density at radius 2 is 2.00 bits per heavy atom. The highest BCUT2D eigenvalue weighted by molar-refractivity contribution is 7.98. The van der Waals surface area contributed by atoms with Gasteiger partial charge in [-0.1, -0.05) is 41.9 Å². The summed E-state index contributed by atoms with van der Waals surface area (Å²) >= 11 is 7.63. The Kier molecular flexibility index (Phi) is 6.01. The predicted molar refractivity (Wildman–Crippen MR) is 116 cm³/mol. The molecular formula is C22H17ClFN3O2S. The van der Waals surface area contributed by atoms with E-state index < -0.39 is 11.6 Å². The third-order valence-corrected chi connectivity index (χ3v) is 5.58. The monoisotopic (exact) mass is 441 g/mol. The number of thioether (sulfide) groups is 1. The SMILES string of the molecule is CSc1n[nH]c2ncc(CC(=O)c3c(Cl)ccc(OCc4ccccc4)c3F)cc12. The number of aromatic nitrogens is 3. The van der Waals surface area contributed by atoms with Crippen molar-refractivity contribution in [2.24, 2.45) is 0 Å². The van der Waals surface area contributed by atoms with Gasteiger partial charge in [0.25, 0.3) is 0 Å². The summed E-state index contributed by atoms with van der Waals surface area (Å²) < 4.78 is 20.6. The molecule has 4 aromatic rings. The fraction of sp³-hybridized carbons (Fsp3) is 0.136. The van der Waals surface area contributed by atoms with Crippen LogP contribution in [0.1, 0.15) is 21.5 Å². The van der Waals surface area contributed by atoms with E-state index in [-0.39, 0.29) is 29.4 Å². The molecule has 2 aromatic carbocycles. The van der Waals surface area contributed by atoms with E-state index >= 15 is 4.39 Å². The Hall–Kier alpha value is -2.90. The maximum Gasteiger partial charge on any atom is 0.177 e. The Labute approximate surface area is 181 Å². The zero-order chi connectivity index (χ0) is 21.1. The molecule has 0 aliphatic carbocycles. The molecule has 2 heterocycles. The van der Waals surface area contributed by atoms with E-state index in [9.17, 15) is 4.79 Å². The van der Waals surface area contributed by atoms with Gasteiger partial charge in [0.15, 0.2) is 23.0 Å². The van der Waals surface area contributed by atoms with Crippen LogP contribution in [0.15, 0.2) is 59.8 Å². The maximum absolute atomic E-state index is 15.0. The van der Waals surface area contributed by atoms with Crippen LogP contribution in [0.25, 0.3) is 11.0 Å². The number of hydrogen-bond donors (Lipinski definition) is 1. The van der Waals surface area contributed by atoms with E-state index in [1.807, 2.05) is 42.7 Å². The molecule has 2 aromatic heterocycles. The van der Waals surface area contributed by atoms with Crippen molar-refractivity contribution < 1.29 is 13.9 Å². The summed E-state index contributed by atoms with van der Waals surface area (Å²) in [6.45, 7) is 0.186. The number of Topliss-reactive ketones (excluding diaryl/α,β-unsaturated/α-hetero) is 1. The highest BCUT2D eigenvalue weighted by Gasteiger charge is 2.21. The van der Waals surface area contributed by atoms with Gasteiger partial charge in [-0.2, -0.15) is 5.10 Å². The van der Waals surface area contributed by atoms with Crippen molar-refractivity contribution >= 4 is 40.2 Å². The number of ketones is 1. The number of fused-ring (bicyclic) bond motifs is 1. The summed E-state index contributed by atoms with van der Waals surface area (Å²) in [6.07, 6.45) is 3.44. The average Bonchev–Trinajstić information content (AvgIpc) is 3.16. The van der Waals surface area contributed by atoms with Crippen LogP contribution in [0.5, 0.6) is 5.75 Å². The van der Waals surface area contributed by atoms with Crippen molar-refractivity contribution in [2.45, 2.75) is 18.1 Å². The van der Waals surface area contributed by atoms with Gasteiger partial charge in [-0.05, 0) is 35.6 Å². The Balaban J connectivity index is 1.57. The van der Waals surface area contributed by atoms with Crippen molar-refractivity contribution in [1.82, 2.24) is 15.2 Å². The molecule has 8 heteroatoms. The minimum Gasteiger partial charge on any atom is -0.486 e. The van der Waals surface area contributed by atoms with E-state index in [1.54, 1.807) is 6.20 Å². The summed E-state index contributed by atoms with van der Waals surface area (Å²) in [6, 6.07) is 14.1. The van der Waals surface area contributed by atoms with Gasteiger partial charge in [0.1, 0.15) is 11.6 Å². The molecule has 30 heavy (non-hydrogen) atoms. The molecule has 5 nitrogen and oxygen atoms in total. The summed E-state index contributed by atoms with van der Waals surface area (Å²) in [7, 11) is 0. The number of halogens is 2. The van der Waals surface area contributed by atoms with Crippen molar-refractivity contribution in [3.05, 3.63) is 82.3 Å². The topological polar surface area (TPSA) is 67.9 Å². The van der Waals surface area contributed by atoms with Crippen LogP contribution >= 0.6 is 23.4 Å². The maximum atomic E-state index is 15.0. The van der Waals surface area contributed by atoms with Crippen LogP contribution in [0, 0.1) is 5.82 Å². The minimum atomic E-state index is -0.759. The molecule has 4 rings (SSSR count). The summed E-state index contributed by atoms with van der Waals surface area (Å²) in [5, 5.41) is 8.66. The van der Waals surface area contributed by atoms with Gasteiger partial charge in [0.05, 0.1) is 16.0 Å². The van der Waals surface area contributed by atoms with Gasteiger partial charge in [0, 0.05) is 12.6 Å². The third kappa shape index (κ3) is 4.17. The lowest BCUT2D eigenvalue weighted by Gasteiger charge is -2.11. The number of rotatable bonds is 7. The van der Waals surface area contributed by atoms with Crippen LogP contribution in [0.2, 0.25) is 5.02 Å². The molecule has 0 saturated heterocycles. The lowest BCUT2D eigenvalue weighted by atomic mass is 10.0. The minimum absolute atomic E-state index is 0.0142. The number of hydrogen-bond acceptors (Lipinski definition) is 5. The summed E-state index contributed by atoms with van der Waals surface area (Å²) in [5.41, 5.74) is 2.00. The fourth-order valence-electron chi connectivity index (χ4n) is 3.09. The van der Waals surface area contributed by atoms with Crippen molar-refractivity contribution in [2.75, 3.05) is 6.26 Å². The van der Waals surface area contributed by atoms with Gasteiger partial charge in [-0.25, -0.2) is 9.37 Å². The number of H-pyrrole nitrogens is 1. The zero-order valence-corrected chi connectivity index (χ0v) is 17.6. The van der Waals surface area contributed by atoms with Gasteiger partial charge in [0.2, 0.25) is 0 Å². The fourth-order valence-corrected chi connectivity index (χ4v) is 3.85. The molecule has 0 spiro atoms. The first kappa shape index (κ1) is 20.4. The van der Waals surface area contributed by atoms with Crippen molar-refractivity contribution in [3.8, 4) is 5.75 Å². The molecule has 0 bridgehead atoms. The Morgan fingerprint density at radius 1 is 1.20 bits per heavy atom. The summed E-state index contributed by atoms with van der Waals surface area (Å²) in [5.74, 6) is -1.22. The molecule has 0 radical (unpaired) electrons. The number of carbonyl (C=O) groups excluding carboxylic acids is 1. The van der Waals surface area contributed by atoms with Crippen molar-refractivity contribution in [3.63, 3.8) is 0 Å². The zero-order valence-electron chi connectivity index (χ0n) is 16.0. The second-order valence-corrected chi connectivity index (χ2v) is 7.78. The number of nitrogens with one attached hydrogen (secondary N) is 1. The Bertz CT molecular complexity index is 1210. The van der Waals surface area contributed by atoms with Gasteiger partial charge in [-0.15, -0.1) is 11.8 Å². The number of benzene rings is 2. The molecule has 0 atom stereocenters. The number of ether oxygens (including phenoxy) is 1. The van der Waals surface area contributed by atoms with Gasteiger partial charge < -0.3 is 4.74 Å².